The van der Waals surface area contributed by atoms with Gasteiger partial charge in [-0.1, -0.05) is 36.7 Å². The molecule has 92 valence electrons. The van der Waals surface area contributed by atoms with Gasteiger partial charge in [0.1, 0.15) is 0 Å². The summed E-state index contributed by atoms with van der Waals surface area (Å²) in [7, 11) is 0. The maximum atomic E-state index is 11.9. The molecule has 16 heavy (non-hydrogen) atoms. The van der Waals surface area contributed by atoms with E-state index >= 15 is 0 Å². The Bertz CT molecular complexity index is 292. The van der Waals surface area contributed by atoms with Gasteiger partial charge >= 0.3 is 5.97 Å². The Morgan fingerprint density at radius 1 is 1.25 bits per heavy atom. The molecule has 0 aromatic heterocycles. The van der Waals surface area contributed by atoms with Crippen LogP contribution in [0.1, 0.15) is 33.6 Å². The van der Waals surface area contributed by atoms with E-state index in [9.17, 15) is 9.59 Å². The zero-order valence-corrected chi connectivity index (χ0v) is 12.8. The largest absolute Gasteiger partial charge is 0.442 e. The molecule has 1 saturated carbocycles. The number of ether oxygens (including phenoxy) is 1. The van der Waals surface area contributed by atoms with Gasteiger partial charge in [-0.2, -0.15) is 0 Å². The second kappa shape index (κ2) is 5.17. The van der Waals surface area contributed by atoms with Crippen LogP contribution in [-0.2, 0) is 14.3 Å². The van der Waals surface area contributed by atoms with Crippen molar-refractivity contribution in [3.8, 4) is 0 Å². The molecule has 0 aromatic rings. The summed E-state index contributed by atoms with van der Waals surface area (Å²) < 4.78 is 5.05. The van der Waals surface area contributed by atoms with Gasteiger partial charge in [-0.25, -0.2) is 0 Å². The van der Waals surface area contributed by atoms with Crippen LogP contribution in [0.4, 0.5) is 0 Å². The Labute approximate surface area is 113 Å². The first-order valence-corrected chi connectivity index (χ1v) is 7.09. The number of alkyl halides is 2. The van der Waals surface area contributed by atoms with Crippen LogP contribution >= 0.6 is 31.9 Å². The van der Waals surface area contributed by atoms with Gasteiger partial charge in [0, 0.05) is 0 Å². The van der Waals surface area contributed by atoms with Gasteiger partial charge in [0.05, 0.1) is 10.7 Å². The number of carbonyl (C=O) groups is 2. The van der Waals surface area contributed by atoms with E-state index in [1.807, 2.05) is 20.8 Å². The molecular formula is C11H16Br2O3. The summed E-state index contributed by atoms with van der Waals surface area (Å²) in [5, 5.41) is -0.843. The minimum atomic E-state index is -0.843. The van der Waals surface area contributed by atoms with Crippen LogP contribution in [-0.4, -0.2) is 21.6 Å². The molecular weight excluding hydrogens is 340 g/mol. The smallest absolute Gasteiger partial charge is 0.310 e. The maximum absolute atomic E-state index is 11.9. The average molecular weight is 356 g/mol. The second-order valence-electron chi connectivity index (χ2n) is 5.16. The van der Waals surface area contributed by atoms with Crippen molar-refractivity contribution in [2.75, 3.05) is 0 Å². The van der Waals surface area contributed by atoms with Crippen molar-refractivity contribution in [2.45, 2.75) is 43.5 Å². The highest BCUT2D eigenvalue weighted by Gasteiger charge is 2.37. The van der Waals surface area contributed by atoms with Crippen molar-refractivity contribution in [3.63, 3.8) is 0 Å². The Morgan fingerprint density at radius 3 is 2.12 bits per heavy atom. The third-order valence-electron chi connectivity index (χ3n) is 2.36. The second-order valence-corrected chi connectivity index (χ2v) is 6.91. The van der Waals surface area contributed by atoms with Gasteiger partial charge in [0.15, 0.2) is 5.78 Å². The first-order valence-electron chi connectivity index (χ1n) is 5.26. The van der Waals surface area contributed by atoms with E-state index in [0.29, 0.717) is 0 Å². The third-order valence-corrected chi connectivity index (χ3v) is 4.83. The summed E-state index contributed by atoms with van der Waals surface area (Å²) in [5.41, 5.74) is -0.199. The maximum Gasteiger partial charge on any atom is 0.310 e. The van der Waals surface area contributed by atoms with E-state index in [2.05, 4.69) is 31.9 Å². The Kier molecular flexibility index (Phi) is 4.57. The number of Topliss-reactive ketones (excluding diaryl/α,β-unsaturated/α-hetero) is 1. The summed E-state index contributed by atoms with van der Waals surface area (Å²) in [6.45, 7) is 5.85. The Morgan fingerprint density at radius 2 is 1.75 bits per heavy atom. The molecule has 0 N–H and O–H groups in total. The van der Waals surface area contributed by atoms with Crippen LogP contribution in [0.2, 0.25) is 0 Å². The average Bonchev–Trinajstić information content (AvgIpc) is 2.96. The number of ketones is 1. The molecule has 0 radical (unpaired) electrons. The Balaban J connectivity index is 2.49. The van der Waals surface area contributed by atoms with E-state index in [1.165, 1.54) is 0 Å². The van der Waals surface area contributed by atoms with Crippen molar-refractivity contribution in [3.05, 3.63) is 0 Å². The standard InChI is InChI=1S/C11H16Br2O3/c1-11(2,3)8(12)7(14)9(13)16-10(15)6-4-5-6/h6,8-9H,4-5H2,1-3H3. The molecule has 0 spiro atoms. The summed E-state index contributed by atoms with van der Waals surface area (Å²) >= 11 is 6.45. The van der Waals surface area contributed by atoms with Crippen molar-refractivity contribution in [2.24, 2.45) is 11.3 Å². The van der Waals surface area contributed by atoms with Crippen LogP contribution < -0.4 is 0 Å². The van der Waals surface area contributed by atoms with Gasteiger partial charge in [-0.3, -0.25) is 9.59 Å². The molecule has 1 aliphatic rings. The van der Waals surface area contributed by atoms with Gasteiger partial charge < -0.3 is 4.74 Å². The molecule has 0 aromatic carbocycles. The van der Waals surface area contributed by atoms with Crippen molar-refractivity contribution in [1.82, 2.24) is 0 Å². The molecule has 1 aliphatic carbocycles. The lowest BCUT2D eigenvalue weighted by Crippen LogP contribution is -2.36. The summed E-state index contributed by atoms with van der Waals surface area (Å²) in [6, 6.07) is 0. The number of hydrogen-bond acceptors (Lipinski definition) is 3. The van der Waals surface area contributed by atoms with Crippen LogP contribution in [0.25, 0.3) is 0 Å². The molecule has 5 heteroatoms. The van der Waals surface area contributed by atoms with Gasteiger partial charge in [0.2, 0.25) is 5.01 Å². The van der Waals surface area contributed by atoms with Crippen LogP contribution in [0.15, 0.2) is 0 Å². The molecule has 0 amide bonds. The first-order chi connectivity index (χ1) is 7.23. The minimum absolute atomic E-state index is 0.0104. The van der Waals surface area contributed by atoms with E-state index in [1.54, 1.807) is 0 Å². The molecule has 0 aliphatic heterocycles. The topological polar surface area (TPSA) is 43.4 Å². The lowest BCUT2D eigenvalue weighted by molar-refractivity contribution is -0.151. The molecule has 1 fully saturated rings. The fourth-order valence-electron chi connectivity index (χ4n) is 1.12. The highest BCUT2D eigenvalue weighted by Crippen LogP contribution is 2.33. The summed E-state index contributed by atoms with van der Waals surface area (Å²) in [5.74, 6) is -0.415. The zero-order valence-electron chi connectivity index (χ0n) is 9.63. The third kappa shape index (κ3) is 3.84. The summed E-state index contributed by atoms with van der Waals surface area (Å²) in [6.07, 6.45) is 1.76. The van der Waals surface area contributed by atoms with E-state index in [4.69, 9.17) is 4.74 Å². The van der Waals surface area contributed by atoms with Crippen molar-refractivity contribution < 1.29 is 14.3 Å². The predicted octanol–water partition coefficient (Wildman–Crippen LogP) is 3.04. The van der Waals surface area contributed by atoms with Crippen molar-refractivity contribution >= 4 is 43.6 Å². The minimum Gasteiger partial charge on any atom is -0.442 e. The Hall–Kier alpha value is 0.1000. The zero-order chi connectivity index (χ0) is 12.5. The molecule has 2 unspecified atom stereocenters. The molecule has 1 rings (SSSR count). The predicted molar refractivity (Wildman–Crippen MR) is 68.7 cm³/mol. The highest BCUT2D eigenvalue weighted by atomic mass is 79.9. The van der Waals surface area contributed by atoms with E-state index in [-0.39, 0.29) is 27.9 Å². The highest BCUT2D eigenvalue weighted by molar-refractivity contribution is 9.10. The fraction of sp³-hybridized carbons (Fsp3) is 0.818. The molecule has 0 heterocycles. The first kappa shape index (κ1) is 14.2. The van der Waals surface area contributed by atoms with Crippen molar-refractivity contribution in [1.29, 1.82) is 0 Å². The van der Waals surface area contributed by atoms with E-state index in [0.717, 1.165) is 12.8 Å². The number of rotatable bonds is 4. The lowest BCUT2D eigenvalue weighted by atomic mass is 9.90. The SMILES string of the molecule is CC(C)(C)C(Br)C(=O)C(Br)OC(=O)C1CC1. The monoisotopic (exact) mass is 354 g/mol. The van der Waals surface area contributed by atoms with Gasteiger partial charge in [0.25, 0.3) is 0 Å². The lowest BCUT2D eigenvalue weighted by Gasteiger charge is -2.25. The number of hydrogen-bond donors (Lipinski definition) is 0. The quantitative estimate of drug-likeness (QED) is 0.575. The van der Waals surface area contributed by atoms with E-state index < -0.39 is 5.01 Å². The van der Waals surface area contributed by atoms with Crippen LogP contribution in [0.3, 0.4) is 0 Å². The number of esters is 1. The molecule has 0 bridgehead atoms. The number of carbonyl (C=O) groups excluding carboxylic acids is 2. The molecule has 3 nitrogen and oxygen atoms in total. The fourth-order valence-corrected chi connectivity index (χ4v) is 2.16. The van der Waals surface area contributed by atoms with Gasteiger partial charge in [-0.05, 0) is 34.2 Å². The molecule has 2 atom stereocenters. The number of halogens is 2. The van der Waals surface area contributed by atoms with Gasteiger partial charge in [-0.15, -0.1) is 0 Å². The molecule has 0 saturated heterocycles. The normalized spacial score (nSPS) is 20.1. The van der Waals surface area contributed by atoms with Crippen LogP contribution in [0, 0.1) is 11.3 Å². The van der Waals surface area contributed by atoms with Crippen LogP contribution in [0.5, 0.6) is 0 Å². The summed E-state index contributed by atoms with van der Waals surface area (Å²) in [4.78, 5) is 22.9.